The van der Waals surface area contributed by atoms with Gasteiger partial charge in [-0.3, -0.25) is 14.9 Å². The third-order valence-corrected chi connectivity index (χ3v) is 6.99. The predicted molar refractivity (Wildman–Crippen MR) is 138 cm³/mol. The molecule has 0 aliphatic heterocycles. The van der Waals surface area contributed by atoms with Gasteiger partial charge in [0.2, 0.25) is 0 Å². The van der Waals surface area contributed by atoms with Gasteiger partial charge in [-0.25, -0.2) is 5.43 Å². The molecule has 1 heterocycles. The second-order valence-electron chi connectivity index (χ2n) is 7.00. The van der Waals surface area contributed by atoms with E-state index in [9.17, 15) is 14.9 Å². The molecule has 0 saturated heterocycles. The van der Waals surface area contributed by atoms with Crippen LogP contribution in [0.3, 0.4) is 0 Å². The third-order valence-electron chi connectivity index (χ3n) is 4.67. The molecule has 7 nitrogen and oxygen atoms in total. The summed E-state index contributed by atoms with van der Waals surface area (Å²) in [5.74, 6) is 0.213. The van der Waals surface area contributed by atoms with Crippen molar-refractivity contribution in [3.8, 4) is 5.75 Å². The molecule has 1 amide bonds. The van der Waals surface area contributed by atoms with Crippen molar-refractivity contribution in [2.45, 2.75) is 6.61 Å². The maximum Gasteiger partial charge on any atom is 0.281 e. The van der Waals surface area contributed by atoms with E-state index in [-0.39, 0.29) is 12.3 Å². The topological polar surface area (TPSA) is 93.8 Å². The van der Waals surface area contributed by atoms with Gasteiger partial charge in [-0.05, 0) is 64.0 Å². The molecule has 0 aliphatic rings. The number of nitro groups is 1. The minimum Gasteiger partial charge on any atom is -0.488 e. The second kappa shape index (κ2) is 10.5. The average molecular weight is 579 g/mol. The van der Waals surface area contributed by atoms with Gasteiger partial charge in [-0.1, -0.05) is 29.3 Å². The van der Waals surface area contributed by atoms with Gasteiger partial charge in [0, 0.05) is 37.8 Å². The maximum atomic E-state index is 12.4. The first-order chi connectivity index (χ1) is 16.3. The summed E-state index contributed by atoms with van der Waals surface area (Å²) in [6.45, 7) is 0.274. The van der Waals surface area contributed by atoms with E-state index >= 15 is 0 Å². The molecule has 0 aliphatic carbocycles. The number of hydrazone groups is 1. The van der Waals surface area contributed by atoms with E-state index in [1.165, 1.54) is 29.7 Å². The number of thiophene rings is 1. The number of fused-ring (bicyclic) bond motifs is 1. The monoisotopic (exact) mass is 577 g/mol. The molecule has 11 heteroatoms. The summed E-state index contributed by atoms with van der Waals surface area (Å²) in [4.78, 5) is 23.3. The lowest BCUT2D eigenvalue weighted by Gasteiger charge is -2.10. The molecule has 1 N–H and O–H groups in total. The van der Waals surface area contributed by atoms with Gasteiger partial charge >= 0.3 is 0 Å². The lowest BCUT2D eigenvalue weighted by Crippen LogP contribution is -2.16. The minimum absolute atomic E-state index is 0.0236. The van der Waals surface area contributed by atoms with Crippen LogP contribution in [0.1, 0.15) is 20.8 Å². The number of ether oxygens (including phenoxy) is 1. The highest BCUT2D eigenvalue weighted by molar-refractivity contribution is 9.10. The molecule has 0 radical (unpaired) electrons. The third kappa shape index (κ3) is 5.74. The average Bonchev–Trinajstić information content (AvgIpc) is 3.23. The van der Waals surface area contributed by atoms with E-state index in [1.807, 2.05) is 0 Å². The fourth-order valence-corrected chi connectivity index (χ4v) is 4.89. The zero-order valence-corrected chi connectivity index (χ0v) is 21.0. The number of rotatable bonds is 7. The van der Waals surface area contributed by atoms with E-state index < -0.39 is 10.8 Å². The summed E-state index contributed by atoms with van der Waals surface area (Å²) in [7, 11) is 0. The first-order valence-corrected chi connectivity index (χ1v) is 12.0. The van der Waals surface area contributed by atoms with Crippen LogP contribution in [-0.4, -0.2) is 17.0 Å². The Morgan fingerprint density at radius 3 is 2.71 bits per heavy atom. The van der Waals surface area contributed by atoms with Crippen molar-refractivity contribution in [3.05, 3.63) is 101 Å². The van der Waals surface area contributed by atoms with Gasteiger partial charge in [0.25, 0.3) is 11.6 Å². The Kier molecular flexibility index (Phi) is 7.47. The van der Waals surface area contributed by atoms with Crippen molar-refractivity contribution in [2.24, 2.45) is 5.10 Å². The first-order valence-electron chi connectivity index (χ1n) is 9.68. The summed E-state index contributed by atoms with van der Waals surface area (Å²) in [6.07, 6.45) is 1.50. The van der Waals surface area contributed by atoms with Crippen LogP contribution in [0.5, 0.6) is 5.75 Å². The highest BCUT2D eigenvalue weighted by atomic mass is 79.9. The quantitative estimate of drug-likeness (QED) is 0.142. The fourth-order valence-electron chi connectivity index (χ4n) is 2.99. The first kappa shape index (κ1) is 24.2. The Hall–Kier alpha value is -2.98. The van der Waals surface area contributed by atoms with Gasteiger partial charge in [-0.15, -0.1) is 11.3 Å². The Labute approximate surface area is 216 Å². The number of nitrogens with zero attached hydrogens (tertiary/aromatic N) is 2. The molecule has 3 aromatic carbocycles. The van der Waals surface area contributed by atoms with Crippen LogP contribution >= 0.6 is 50.5 Å². The minimum atomic E-state index is -0.470. The maximum absolute atomic E-state index is 12.4. The molecule has 0 fully saturated rings. The zero-order valence-electron chi connectivity index (χ0n) is 17.1. The lowest BCUT2D eigenvalue weighted by atomic mass is 10.2. The summed E-state index contributed by atoms with van der Waals surface area (Å²) >= 11 is 16.8. The molecule has 0 atom stereocenters. The smallest absolute Gasteiger partial charge is 0.281 e. The molecule has 4 rings (SSSR count). The van der Waals surface area contributed by atoms with Crippen molar-refractivity contribution >= 4 is 78.4 Å². The second-order valence-corrected chi connectivity index (χ2v) is 9.79. The van der Waals surface area contributed by atoms with Crippen molar-refractivity contribution in [1.29, 1.82) is 0 Å². The Bertz CT molecular complexity index is 1440. The highest BCUT2D eigenvalue weighted by Crippen LogP contribution is 2.30. The predicted octanol–water partition coefficient (Wildman–Crippen LogP) is 7.22. The SMILES string of the molecule is O=C(N/N=C\c1ccc(OCc2ccc(Cl)cc2Cl)c(Br)c1)c1cc2cc([N+](=O)[O-])ccc2s1. The van der Waals surface area contributed by atoms with Crippen molar-refractivity contribution in [1.82, 2.24) is 5.43 Å². The molecule has 172 valence electrons. The number of hydrogen-bond donors (Lipinski definition) is 1. The Balaban J connectivity index is 1.38. The Morgan fingerprint density at radius 1 is 1.15 bits per heavy atom. The number of benzene rings is 3. The van der Waals surface area contributed by atoms with Gasteiger partial charge < -0.3 is 4.74 Å². The van der Waals surface area contributed by atoms with Crippen LogP contribution in [0.2, 0.25) is 10.0 Å². The number of carbonyl (C=O) groups is 1. The van der Waals surface area contributed by atoms with Gasteiger partial charge in [0.1, 0.15) is 12.4 Å². The molecular weight excluding hydrogens is 565 g/mol. The van der Waals surface area contributed by atoms with Crippen LogP contribution in [0.15, 0.2) is 70.2 Å². The molecular formula is C23H14BrCl2N3O4S. The molecule has 0 unspecified atom stereocenters. The molecule has 4 aromatic rings. The largest absolute Gasteiger partial charge is 0.488 e. The number of amides is 1. The van der Waals surface area contributed by atoms with Crippen LogP contribution in [0.25, 0.3) is 10.1 Å². The van der Waals surface area contributed by atoms with Crippen molar-refractivity contribution < 1.29 is 14.5 Å². The van der Waals surface area contributed by atoms with Crippen LogP contribution in [0, 0.1) is 10.1 Å². The normalized spacial score (nSPS) is 11.1. The summed E-state index contributed by atoms with van der Waals surface area (Å²) in [5, 5.41) is 16.6. The Morgan fingerprint density at radius 2 is 1.97 bits per heavy atom. The lowest BCUT2D eigenvalue weighted by molar-refractivity contribution is -0.384. The van der Waals surface area contributed by atoms with Crippen LogP contribution in [0.4, 0.5) is 5.69 Å². The van der Waals surface area contributed by atoms with E-state index in [0.717, 1.165) is 15.8 Å². The zero-order chi connectivity index (χ0) is 24.2. The number of halogens is 3. The molecule has 0 saturated carbocycles. The van der Waals surface area contributed by atoms with Crippen molar-refractivity contribution in [2.75, 3.05) is 0 Å². The fraction of sp³-hybridized carbons (Fsp3) is 0.0435. The van der Waals surface area contributed by atoms with E-state index in [4.69, 9.17) is 27.9 Å². The van der Waals surface area contributed by atoms with Gasteiger partial charge in [0.05, 0.1) is 20.5 Å². The number of non-ortho nitro benzene ring substituents is 1. The summed E-state index contributed by atoms with van der Waals surface area (Å²) in [5.41, 5.74) is 3.99. The number of nitrogens with one attached hydrogen (secondary N) is 1. The molecule has 34 heavy (non-hydrogen) atoms. The van der Waals surface area contributed by atoms with E-state index in [1.54, 1.807) is 48.5 Å². The highest BCUT2D eigenvalue weighted by Gasteiger charge is 2.13. The number of nitro benzene ring substituents is 1. The van der Waals surface area contributed by atoms with Gasteiger partial charge in [-0.2, -0.15) is 5.10 Å². The van der Waals surface area contributed by atoms with E-state index in [2.05, 4.69) is 26.5 Å². The van der Waals surface area contributed by atoms with Crippen LogP contribution in [-0.2, 0) is 6.61 Å². The van der Waals surface area contributed by atoms with E-state index in [0.29, 0.717) is 30.5 Å². The molecule has 0 bridgehead atoms. The van der Waals surface area contributed by atoms with Crippen LogP contribution < -0.4 is 10.2 Å². The van der Waals surface area contributed by atoms with Gasteiger partial charge in [0.15, 0.2) is 0 Å². The number of carbonyl (C=O) groups excluding carboxylic acids is 1. The molecule has 1 aromatic heterocycles. The summed E-state index contributed by atoms with van der Waals surface area (Å²) < 4.78 is 7.31. The standard InChI is InChI=1S/C23H14BrCl2N3O4S/c24-18-7-13(1-5-20(18)33-12-14-2-3-16(25)10-19(14)26)11-27-28-23(30)22-9-15-8-17(29(31)32)4-6-21(15)34-22/h1-11H,12H2,(H,28,30)/b27-11-. The number of hydrogen-bond acceptors (Lipinski definition) is 6. The summed E-state index contributed by atoms with van der Waals surface area (Å²) in [6, 6.07) is 16.7. The molecule has 0 spiro atoms. The van der Waals surface area contributed by atoms with Crippen molar-refractivity contribution in [3.63, 3.8) is 0 Å².